The third-order valence-electron chi connectivity index (χ3n) is 2.07. The van der Waals surface area contributed by atoms with E-state index in [0.29, 0.717) is 0 Å². The Bertz CT molecular complexity index is 309. The molecule has 0 aliphatic rings. The van der Waals surface area contributed by atoms with Gasteiger partial charge < -0.3 is 4.90 Å². The van der Waals surface area contributed by atoms with Gasteiger partial charge in [0, 0.05) is 13.1 Å². The van der Waals surface area contributed by atoms with Crippen LogP contribution in [0, 0.1) is 6.92 Å². The molecule has 4 heteroatoms. The molecule has 0 radical (unpaired) electrons. The average Bonchev–Trinajstić information content (AvgIpc) is 2.56. The molecule has 0 aromatic carbocycles. The summed E-state index contributed by atoms with van der Waals surface area (Å²) >= 11 is 1.48. The van der Waals surface area contributed by atoms with E-state index in [1.165, 1.54) is 11.3 Å². The van der Waals surface area contributed by atoms with Crippen LogP contribution in [0.1, 0.15) is 35.6 Å². The number of carbonyl (C=O) groups excluding carboxylic acids is 1. The van der Waals surface area contributed by atoms with Crippen LogP contribution in [-0.4, -0.2) is 24.4 Å². The van der Waals surface area contributed by atoms with Gasteiger partial charge in [-0.25, -0.2) is 4.98 Å². The zero-order chi connectivity index (χ0) is 10.6. The molecule has 0 amide bonds. The first-order valence-corrected chi connectivity index (χ1v) is 5.72. The Hall–Kier alpha value is -0.900. The lowest BCUT2D eigenvalue weighted by molar-refractivity contribution is 0.112. The summed E-state index contributed by atoms with van der Waals surface area (Å²) < 4.78 is 0. The summed E-state index contributed by atoms with van der Waals surface area (Å²) in [7, 11) is 0. The molecule has 0 N–H and O–H groups in total. The Morgan fingerprint density at radius 3 is 2.64 bits per heavy atom. The number of aldehydes is 1. The fourth-order valence-electron chi connectivity index (χ4n) is 1.30. The lowest BCUT2D eigenvalue weighted by atomic mass is 10.4. The lowest BCUT2D eigenvalue weighted by Gasteiger charge is -2.18. The average molecular weight is 212 g/mol. The van der Waals surface area contributed by atoms with E-state index in [9.17, 15) is 4.79 Å². The van der Waals surface area contributed by atoms with Gasteiger partial charge in [0.2, 0.25) is 0 Å². The van der Waals surface area contributed by atoms with Crippen molar-refractivity contribution in [3.05, 3.63) is 10.6 Å². The van der Waals surface area contributed by atoms with Crippen LogP contribution in [0.3, 0.4) is 0 Å². The third kappa shape index (κ3) is 2.32. The molecule has 0 unspecified atom stereocenters. The van der Waals surface area contributed by atoms with E-state index in [0.717, 1.165) is 41.5 Å². The number of anilines is 1. The van der Waals surface area contributed by atoms with Crippen LogP contribution in [0.25, 0.3) is 0 Å². The Kier molecular flexibility index (Phi) is 4.07. The SMILES string of the molecule is CCCN(CC)c1nc(C)c(C=O)s1. The second-order valence-electron chi connectivity index (χ2n) is 3.14. The molecule has 0 aliphatic carbocycles. The molecule has 0 aliphatic heterocycles. The maximum absolute atomic E-state index is 10.7. The topological polar surface area (TPSA) is 33.2 Å². The molecule has 1 heterocycles. The summed E-state index contributed by atoms with van der Waals surface area (Å²) in [6, 6.07) is 0. The van der Waals surface area contributed by atoms with E-state index in [-0.39, 0.29) is 0 Å². The van der Waals surface area contributed by atoms with Gasteiger partial charge in [-0.2, -0.15) is 0 Å². The first-order valence-electron chi connectivity index (χ1n) is 4.90. The van der Waals surface area contributed by atoms with Gasteiger partial charge in [0.1, 0.15) is 0 Å². The standard InChI is InChI=1S/C10H16N2OS/c1-4-6-12(5-2)10-11-8(3)9(7-13)14-10/h7H,4-6H2,1-3H3. The molecule has 14 heavy (non-hydrogen) atoms. The van der Waals surface area contributed by atoms with Crippen LogP contribution in [0.2, 0.25) is 0 Å². The third-order valence-corrected chi connectivity index (χ3v) is 3.22. The van der Waals surface area contributed by atoms with Crippen molar-refractivity contribution >= 4 is 22.8 Å². The minimum Gasteiger partial charge on any atom is -0.348 e. The summed E-state index contributed by atoms with van der Waals surface area (Å²) in [5.41, 5.74) is 0.842. The van der Waals surface area contributed by atoms with Crippen molar-refractivity contribution in [2.75, 3.05) is 18.0 Å². The summed E-state index contributed by atoms with van der Waals surface area (Å²) in [5, 5.41) is 0.967. The van der Waals surface area contributed by atoms with E-state index < -0.39 is 0 Å². The monoisotopic (exact) mass is 212 g/mol. The van der Waals surface area contributed by atoms with Crippen LogP contribution in [0.4, 0.5) is 5.13 Å². The lowest BCUT2D eigenvalue weighted by Crippen LogP contribution is -2.23. The fraction of sp³-hybridized carbons (Fsp3) is 0.600. The maximum atomic E-state index is 10.7. The highest BCUT2D eigenvalue weighted by Crippen LogP contribution is 2.24. The minimum atomic E-state index is 0.745. The second-order valence-corrected chi connectivity index (χ2v) is 4.15. The molecule has 1 aromatic rings. The van der Waals surface area contributed by atoms with Crippen molar-refractivity contribution in [2.45, 2.75) is 27.2 Å². The van der Waals surface area contributed by atoms with Crippen molar-refractivity contribution < 1.29 is 4.79 Å². The van der Waals surface area contributed by atoms with E-state index in [1.807, 2.05) is 6.92 Å². The largest absolute Gasteiger partial charge is 0.348 e. The van der Waals surface area contributed by atoms with E-state index >= 15 is 0 Å². The van der Waals surface area contributed by atoms with Gasteiger partial charge in [-0.15, -0.1) is 0 Å². The maximum Gasteiger partial charge on any atom is 0.186 e. The number of aromatic nitrogens is 1. The molecule has 0 saturated heterocycles. The number of carbonyl (C=O) groups is 1. The van der Waals surface area contributed by atoms with Crippen molar-refractivity contribution in [3.63, 3.8) is 0 Å². The highest BCUT2D eigenvalue weighted by atomic mass is 32.1. The van der Waals surface area contributed by atoms with Crippen LogP contribution >= 0.6 is 11.3 Å². The van der Waals surface area contributed by atoms with Crippen LogP contribution < -0.4 is 4.90 Å². The van der Waals surface area contributed by atoms with Crippen molar-refractivity contribution in [3.8, 4) is 0 Å². The molecule has 1 rings (SSSR count). The Morgan fingerprint density at radius 1 is 1.50 bits per heavy atom. The zero-order valence-corrected chi connectivity index (χ0v) is 9.73. The number of hydrogen-bond acceptors (Lipinski definition) is 4. The van der Waals surface area contributed by atoms with Gasteiger partial charge in [-0.1, -0.05) is 18.3 Å². The predicted octanol–water partition coefficient (Wildman–Crippen LogP) is 2.50. The predicted molar refractivity (Wildman–Crippen MR) is 60.4 cm³/mol. The van der Waals surface area contributed by atoms with E-state index in [4.69, 9.17) is 0 Å². The van der Waals surface area contributed by atoms with Gasteiger partial charge in [0.05, 0.1) is 10.6 Å². The molecule has 0 fully saturated rings. The van der Waals surface area contributed by atoms with Gasteiger partial charge >= 0.3 is 0 Å². The Labute approximate surface area is 88.8 Å². The van der Waals surface area contributed by atoms with Crippen molar-refractivity contribution in [2.24, 2.45) is 0 Å². The summed E-state index contributed by atoms with van der Waals surface area (Å²) in [5.74, 6) is 0. The fourth-order valence-corrected chi connectivity index (χ4v) is 2.27. The molecule has 0 atom stereocenters. The van der Waals surface area contributed by atoms with Crippen molar-refractivity contribution in [1.29, 1.82) is 0 Å². The normalized spacial score (nSPS) is 10.2. The highest BCUT2D eigenvalue weighted by molar-refractivity contribution is 7.17. The number of nitrogens with zero attached hydrogens (tertiary/aromatic N) is 2. The van der Waals surface area contributed by atoms with Gasteiger partial charge in [-0.3, -0.25) is 4.79 Å². The number of aryl methyl sites for hydroxylation is 1. The highest BCUT2D eigenvalue weighted by Gasteiger charge is 2.11. The zero-order valence-electron chi connectivity index (χ0n) is 8.91. The second kappa shape index (κ2) is 5.10. The smallest absolute Gasteiger partial charge is 0.186 e. The first kappa shape index (κ1) is 11.2. The molecule has 0 bridgehead atoms. The minimum absolute atomic E-state index is 0.745. The number of rotatable bonds is 5. The summed E-state index contributed by atoms with van der Waals surface area (Å²) in [4.78, 5) is 18.0. The van der Waals surface area contributed by atoms with Gasteiger partial charge in [0.15, 0.2) is 11.4 Å². The first-order chi connectivity index (χ1) is 6.72. The van der Waals surface area contributed by atoms with E-state index in [1.54, 1.807) is 0 Å². The quantitative estimate of drug-likeness (QED) is 0.703. The van der Waals surface area contributed by atoms with Crippen LogP contribution in [-0.2, 0) is 0 Å². The Morgan fingerprint density at radius 2 is 2.21 bits per heavy atom. The Balaban J connectivity index is 2.87. The summed E-state index contributed by atoms with van der Waals surface area (Å²) in [6.45, 7) is 8.07. The van der Waals surface area contributed by atoms with Crippen LogP contribution in [0.5, 0.6) is 0 Å². The number of hydrogen-bond donors (Lipinski definition) is 0. The number of thiazole rings is 1. The van der Waals surface area contributed by atoms with Crippen molar-refractivity contribution in [1.82, 2.24) is 4.98 Å². The van der Waals surface area contributed by atoms with Crippen LogP contribution in [0.15, 0.2) is 0 Å². The molecule has 1 aromatic heterocycles. The molecular weight excluding hydrogens is 196 g/mol. The van der Waals surface area contributed by atoms with Gasteiger partial charge in [0.25, 0.3) is 0 Å². The molecule has 0 saturated carbocycles. The van der Waals surface area contributed by atoms with Gasteiger partial charge in [-0.05, 0) is 20.3 Å². The molecule has 0 spiro atoms. The van der Waals surface area contributed by atoms with E-state index in [2.05, 4.69) is 23.7 Å². The molecule has 78 valence electrons. The molecular formula is C10H16N2OS. The summed E-state index contributed by atoms with van der Waals surface area (Å²) in [6.07, 6.45) is 1.99. The molecule has 3 nitrogen and oxygen atoms in total.